The summed E-state index contributed by atoms with van der Waals surface area (Å²) >= 11 is 0. The van der Waals surface area contributed by atoms with Crippen LogP contribution in [-0.4, -0.2) is 20.0 Å². The Hall–Kier alpha value is -1.23. The van der Waals surface area contributed by atoms with E-state index in [1.165, 1.54) is 11.0 Å². The lowest BCUT2D eigenvalue weighted by atomic mass is 10.0. The first-order valence-corrected chi connectivity index (χ1v) is 5.37. The topological polar surface area (TPSA) is 29.3 Å². The van der Waals surface area contributed by atoms with Gasteiger partial charge in [-0.25, -0.2) is 13.2 Å². The van der Waals surface area contributed by atoms with Crippen molar-refractivity contribution in [3.63, 3.8) is 0 Å². The van der Waals surface area contributed by atoms with Crippen molar-refractivity contribution >= 4 is 5.69 Å². The third kappa shape index (κ3) is 3.36. The maximum absolute atomic E-state index is 13.4. The van der Waals surface area contributed by atoms with Crippen LogP contribution in [0.3, 0.4) is 0 Å². The third-order valence-electron chi connectivity index (χ3n) is 2.62. The summed E-state index contributed by atoms with van der Waals surface area (Å²) in [7, 11) is 1.55. The van der Waals surface area contributed by atoms with Crippen molar-refractivity contribution in [2.75, 3.05) is 18.5 Å². The highest BCUT2D eigenvalue weighted by Crippen LogP contribution is 2.28. The zero-order chi connectivity index (χ0) is 13.2. The van der Waals surface area contributed by atoms with E-state index >= 15 is 0 Å². The van der Waals surface area contributed by atoms with Crippen molar-refractivity contribution in [3.05, 3.63) is 29.1 Å². The molecule has 17 heavy (non-hydrogen) atoms. The number of hydrogen-bond acceptors (Lipinski definition) is 2. The van der Waals surface area contributed by atoms with Crippen molar-refractivity contribution in [2.24, 2.45) is 5.73 Å². The van der Waals surface area contributed by atoms with Gasteiger partial charge in [-0.05, 0) is 37.1 Å². The third-order valence-corrected chi connectivity index (χ3v) is 2.62. The van der Waals surface area contributed by atoms with Gasteiger partial charge in [0.2, 0.25) is 0 Å². The molecule has 5 heteroatoms. The van der Waals surface area contributed by atoms with Crippen molar-refractivity contribution in [1.82, 2.24) is 0 Å². The number of rotatable bonds is 4. The first kappa shape index (κ1) is 13.8. The molecule has 0 bridgehead atoms. The second-order valence-corrected chi connectivity index (χ2v) is 4.22. The smallest absolute Gasteiger partial charge is 0.255 e. The molecule has 1 rings (SSSR count). The molecule has 0 aliphatic rings. The van der Waals surface area contributed by atoms with Crippen molar-refractivity contribution in [3.8, 4) is 0 Å². The monoisotopic (exact) mass is 246 g/mol. The molecule has 0 spiro atoms. The van der Waals surface area contributed by atoms with Gasteiger partial charge in [-0.1, -0.05) is 0 Å². The number of aryl methyl sites for hydroxylation is 1. The Kier molecular flexibility index (Phi) is 4.40. The number of benzene rings is 1. The molecule has 1 atom stereocenters. The minimum Gasteiger partial charge on any atom is -0.369 e. The molecule has 1 aromatic carbocycles. The van der Waals surface area contributed by atoms with Gasteiger partial charge in [0.25, 0.3) is 6.43 Å². The Morgan fingerprint density at radius 2 is 1.94 bits per heavy atom. The van der Waals surface area contributed by atoms with E-state index in [-0.39, 0.29) is 5.82 Å². The fraction of sp³-hybridized carbons (Fsp3) is 0.500. The lowest BCUT2D eigenvalue weighted by Crippen LogP contribution is -2.26. The molecule has 1 aromatic rings. The molecule has 0 aliphatic heterocycles. The minimum absolute atomic E-state index is 0.369. The van der Waals surface area contributed by atoms with Crippen molar-refractivity contribution in [1.29, 1.82) is 0 Å². The van der Waals surface area contributed by atoms with E-state index < -0.39 is 19.0 Å². The summed E-state index contributed by atoms with van der Waals surface area (Å²) in [6.45, 7) is 2.90. The standard InChI is InChI=1S/C12H17F3N2/c1-7-4-11(17(3)6-12(14)15)9(8(2)16)5-10(7)13/h4-5,8,12H,6,16H2,1-3H3/t8-/m1/s1. The molecule has 0 fully saturated rings. The molecular formula is C12H17F3N2. The van der Waals surface area contributed by atoms with Crippen LogP contribution < -0.4 is 10.6 Å². The second kappa shape index (κ2) is 5.40. The van der Waals surface area contributed by atoms with Crippen LogP contribution in [-0.2, 0) is 0 Å². The van der Waals surface area contributed by atoms with Crippen LogP contribution >= 0.6 is 0 Å². The van der Waals surface area contributed by atoms with Crippen LogP contribution in [0.25, 0.3) is 0 Å². The molecule has 0 heterocycles. The largest absolute Gasteiger partial charge is 0.369 e. The molecule has 0 unspecified atom stereocenters. The maximum Gasteiger partial charge on any atom is 0.255 e. The van der Waals surface area contributed by atoms with Gasteiger partial charge in [0.1, 0.15) is 5.82 Å². The summed E-state index contributed by atoms with van der Waals surface area (Å²) in [4.78, 5) is 1.40. The zero-order valence-electron chi connectivity index (χ0n) is 10.2. The van der Waals surface area contributed by atoms with Crippen LogP contribution in [0, 0.1) is 12.7 Å². The van der Waals surface area contributed by atoms with Gasteiger partial charge in [0.15, 0.2) is 0 Å². The highest BCUT2D eigenvalue weighted by Gasteiger charge is 2.16. The van der Waals surface area contributed by atoms with E-state index in [0.717, 1.165) is 0 Å². The highest BCUT2D eigenvalue weighted by atomic mass is 19.3. The van der Waals surface area contributed by atoms with Crippen LogP contribution in [0.1, 0.15) is 24.1 Å². The molecule has 2 nitrogen and oxygen atoms in total. The van der Waals surface area contributed by atoms with E-state index in [2.05, 4.69) is 0 Å². The zero-order valence-corrected chi connectivity index (χ0v) is 10.2. The van der Waals surface area contributed by atoms with Gasteiger partial charge >= 0.3 is 0 Å². The van der Waals surface area contributed by atoms with Gasteiger partial charge in [0.05, 0.1) is 6.54 Å². The van der Waals surface area contributed by atoms with Gasteiger partial charge in [0, 0.05) is 18.8 Å². The number of hydrogen-bond donors (Lipinski definition) is 1. The van der Waals surface area contributed by atoms with E-state index in [1.54, 1.807) is 27.0 Å². The molecule has 96 valence electrons. The SMILES string of the molecule is Cc1cc(N(C)CC(F)F)c([C@@H](C)N)cc1F. The molecule has 0 aliphatic carbocycles. The highest BCUT2D eigenvalue weighted by molar-refractivity contribution is 5.56. The van der Waals surface area contributed by atoms with Crippen molar-refractivity contribution in [2.45, 2.75) is 26.3 Å². The Morgan fingerprint density at radius 3 is 2.41 bits per heavy atom. The number of nitrogens with zero attached hydrogens (tertiary/aromatic N) is 1. The number of halogens is 3. The average Bonchev–Trinajstić information content (AvgIpc) is 2.19. The molecule has 0 saturated heterocycles. The van der Waals surface area contributed by atoms with Gasteiger partial charge in [-0.15, -0.1) is 0 Å². The number of anilines is 1. The van der Waals surface area contributed by atoms with Crippen molar-refractivity contribution < 1.29 is 13.2 Å². The number of nitrogens with two attached hydrogens (primary N) is 1. The van der Waals surface area contributed by atoms with Crippen LogP contribution in [0.15, 0.2) is 12.1 Å². The average molecular weight is 246 g/mol. The predicted octanol–water partition coefficient (Wildman–Crippen LogP) is 2.86. The predicted molar refractivity (Wildman–Crippen MR) is 63.0 cm³/mol. The van der Waals surface area contributed by atoms with Crippen LogP contribution in [0.2, 0.25) is 0 Å². The lowest BCUT2D eigenvalue weighted by Gasteiger charge is -2.24. The van der Waals surface area contributed by atoms with Crippen LogP contribution in [0.4, 0.5) is 18.9 Å². The molecular weight excluding hydrogens is 229 g/mol. The normalized spacial score (nSPS) is 12.9. The summed E-state index contributed by atoms with van der Waals surface area (Å²) in [5.41, 5.74) is 7.24. The quantitative estimate of drug-likeness (QED) is 0.885. The first-order valence-electron chi connectivity index (χ1n) is 5.37. The lowest BCUT2D eigenvalue weighted by molar-refractivity contribution is 0.156. The Morgan fingerprint density at radius 1 is 1.35 bits per heavy atom. The summed E-state index contributed by atoms with van der Waals surface area (Å²) in [6, 6.07) is 2.47. The number of alkyl halides is 2. The first-order chi connectivity index (χ1) is 7.82. The Labute approximate surface area is 99.2 Å². The summed E-state index contributed by atoms with van der Waals surface area (Å²) in [5, 5.41) is 0. The van der Waals surface area contributed by atoms with Gasteiger partial charge in [-0.3, -0.25) is 0 Å². The fourth-order valence-electron chi connectivity index (χ4n) is 1.68. The molecule has 0 radical (unpaired) electrons. The summed E-state index contributed by atoms with van der Waals surface area (Å²) in [6.07, 6.45) is -2.44. The Bertz CT molecular complexity index is 392. The summed E-state index contributed by atoms with van der Waals surface area (Å²) < 4.78 is 38.1. The molecule has 0 saturated carbocycles. The summed E-state index contributed by atoms with van der Waals surface area (Å²) in [5.74, 6) is -0.369. The Balaban J connectivity index is 3.16. The van der Waals surface area contributed by atoms with Crippen LogP contribution in [0.5, 0.6) is 0 Å². The fourth-order valence-corrected chi connectivity index (χ4v) is 1.68. The molecule has 2 N–H and O–H groups in total. The van der Waals surface area contributed by atoms with Gasteiger partial charge < -0.3 is 10.6 Å². The van der Waals surface area contributed by atoms with E-state index in [4.69, 9.17) is 5.73 Å². The van der Waals surface area contributed by atoms with E-state index in [9.17, 15) is 13.2 Å². The molecule has 0 amide bonds. The van der Waals surface area contributed by atoms with E-state index in [0.29, 0.717) is 16.8 Å². The maximum atomic E-state index is 13.4. The molecule has 0 aromatic heterocycles. The van der Waals surface area contributed by atoms with E-state index in [1.807, 2.05) is 0 Å². The minimum atomic E-state index is -2.44. The second-order valence-electron chi connectivity index (χ2n) is 4.22. The van der Waals surface area contributed by atoms with Gasteiger partial charge in [-0.2, -0.15) is 0 Å².